The number of thioether (sulfide) groups is 1. The average molecular weight is 493 g/mol. The number of amides is 1. The van der Waals surface area contributed by atoms with Crippen molar-refractivity contribution in [2.45, 2.75) is 31.2 Å². The lowest BCUT2D eigenvalue weighted by molar-refractivity contribution is -0.115. The number of nitrogens with zero attached hydrogens (tertiary/aromatic N) is 1. The highest BCUT2D eigenvalue weighted by molar-refractivity contribution is 9.10. The Morgan fingerprint density at radius 1 is 1.24 bits per heavy atom. The highest BCUT2D eigenvalue weighted by atomic mass is 79.9. The second-order valence-corrected chi connectivity index (χ2v) is 8.85. The van der Waals surface area contributed by atoms with Crippen molar-refractivity contribution < 1.29 is 4.79 Å². The minimum Gasteiger partial charge on any atom is -0.326 e. The third-order valence-corrected chi connectivity index (χ3v) is 5.94. The Morgan fingerprint density at radius 2 is 2.03 bits per heavy atom. The van der Waals surface area contributed by atoms with Crippen molar-refractivity contribution >= 4 is 50.9 Å². The molecule has 5 nitrogen and oxygen atoms in total. The normalized spacial score (nSPS) is 10.8. The minimum absolute atomic E-state index is 0.0388. The van der Waals surface area contributed by atoms with E-state index in [0.717, 1.165) is 15.6 Å². The fraction of sp³-hybridized carbons (Fsp3) is 0.190. The van der Waals surface area contributed by atoms with Crippen LogP contribution in [0.4, 0.5) is 5.69 Å². The summed E-state index contributed by atoms with van der Waals surface area (Å²) in [7, 11) is 0. The number of H-pyrrole nitrogens is 1. The summed E-state index contributed by atoms with van der Waals surface area (Å²) in [6.07, 6.45) is -0.0388. The number of carbonyl (C=O) groups excluding carboxylic acids is 1. The molecule has 150 valence electrons. The first-order chi connectivity index (χ1) is 13.8. The molecular weight excluding hydrogens is 474 g/mol. The van der Waals surface area contributed by atoms with E-state index in [9.17, 15) is 9.59 Å². The van der Waals surface area contributed by atoms with Crippen LogP contribution >= 0.6 is 39.3 Å². The molecule has 0 fully saturated rings. The van der Waals surface area contributed by atoms with Crippen molar-refractivity contribution in [1.29, 1.82) is 0 Å². The zero-order valence-corrected chi connectivity index (χ0v) is 19.0. The largest absolute Gasteiger partial charge is 0.326 e. The van der Waals surface area contributed by atoms with Gasteiger partial charge in [-0.05, 0) is 55.3 Å². The van der Waals surface area contributed by atoms with Crippen LogP contribution in [0.3, 0.4) is 0 Å². The van der Waals surface area contributed by atoms with Gasteiger partial charge in [0, 0.05) is 32.2 Å². The summed E-state index contributed by atoms with van der Waals surface area (Å²) in [5.41, 5.74) is 3.30. The van der Waals surface area contributed by atoms with Crippen LogP contribution in [0.1, 0.15) is 22.4 Å². The van der Waals surface area contributed by atoms with Gasteiger partial charge in [-0.25, -0.2) is 4.98 Å². The number of aryl methyl sites for hydroxylation is 2. The van der Waals surface area contributed by atoms with Crippen LogP contribution in [0.5, 0.6) is 0 Å². The maximum absolute atomic E-state index is 12.5. The number of hydrogen-bond acceptors (Lipinski definition) is 4. The van der Waals surface area contributed by atoms with E-state index >= 15 is 0 Å². The number of nitrogens with one attached hydrogen (secondary N) is 2. The second-order valence-electron chi connectivity index (χ2n) is 6.54. The smallest absolute Gasteiger partial charge is 0.255 e. The zero-order chi connectivity index (χ0) is 21.0. The summed E-state index contributed by atoms with van der Waals surface area (Å²) >= 11 is 10.8. The van der Waals surface area contributed by atoms with Gasteiger partial charge in [0.1, 0.15) is 0 Å². The van der Waals surface area contributed by atoms with Crippen molar-refractivity contribution in [3.63, 3.8) is 0 Å². The Kier molecular flexibility index (Phi) is 7.16. The minimum atomic E-state index is -0.297. The van der Waals surface area contributed by atoms with E-state index in [1.54, 1.807) is 6.92 Å². The molecule has 0 unspecified atom stereocenters. The van der Waals surface area contributed by atoms with E-state index in [1.807, 2.05) is 49.4 Å². The molecule has 0 saturated carbocycles. The van der Waals surface area contributed by atoms with E-state index in [2.05, 4.69) is 31.2 Å². The summed E-state index contributed by atoms with van der Waals surface area (Å²) in [6, 6.07) is 13.1. The molecule has 0 spiro atoms. The lowest BCUT2D eigenvalue weighted by Crippen LogP contribution is -2.24. The van der Waals surface area contributed by atoms with Gasteiger partial charge in [-0.3, -0.25) is 9.59 Å². The van der Waals surface area contributed by atoms with Crippen LogP contribution in [0.2, 0.25) is 5.02 Å². The highest BCUT2D eigenvalue weighted by Crippen LogP contribution is 2.22. The molecule has 3 rings (SSSR count). The quantitative estimate of drug-likeness (QED) is 0.363. The summed E-state index contributed by atoms with van der Waals surface area (Å²) < 4.78 is 0.940. The fourth-order valence-corrected chi connectivity index (χ4v) is 4.30. The summed E-state index contributed by atoms with van der Waals surface area (Å²) in [5.74, 6) is 0.371. The molecule has 2 N–H and O–H groups in total. The topological polar surface area (TPSA) is 74.8 Å². The molecule has 0 saturated heterocycles. The van der Waals surface area contributed by atoms with Gasteiger partial charge in [-0.1, -0.05) is 51.4 Å². The molecule has 1 amide bonds. The Bertz CT molecular complexity index is 1120. The maximum atomic E-state index is 12.5. The van der Waals surface area contributed by atoms with Gasteiger partial charge < -0.3 is 10.3 Å². The van der Waals surface area contributed by atoms with Gasteiger partial charge in [-0.2, -0.15) is 0 Å². The number of halogens is 2. The van der Waals surface area contributed by atoms with Crippen molar-refractivity contribution in [2.75, 3.05) is 5.32 Å². The van der Waals surface area contributed by atoms with Gasteiger partial charge >= 0.3 is 0 Å². The Hall–Kier alpha value is -2.09. The number of carbonyl (C=O) groups is 1. The molecule has 2 aromatic carbocycles. The van der Waals surface area contributed by atoms with E-state index in [-0.39, 0.29) is 17.9 Å². The Morgan fingerprint density at radius 3 is 2.72 bits per heavy atom. The van der Waals surface area contributed by atoms with E-state index in [1.165, 1.54) is 11.8 Å². The van der Waals surface area contributed by atoms with Crippen molar-refractivity contribution in [3.8, 4) is 0 Å². The second kappa shape index (κ2) is 9.61. The lowest BCUT2D eigenvalue weighted by Gasteiger charge is -2.10. The van der Waals surface area contributed by atoms with Gasteiger partial charge in [0.25, 0.3) is 5.56 Å². The molecule has 0 aliphatic heterocycles. The molecule has 8 heteroatoms. The zero-order valence-electron chi connectivity index (χ0n) is 15.9. The molecule has 1 heterocycles. The number of aromatic nitrogens is 2. The van der Waals surface area contributed by atoms with Crippen LogP contribution in [0.15, 0.2) is 56.9 Å². The standard InChI is InChI=1S/C21H19BrClN3O2S/c1-12-8-15(22)6-7-18(12)25-19(27)10-17-13(2)24-21(26-20(17)28)29-11-14-4-3-5-16(23)9-14/h3-9H,10-11H2,1-2H3,(H,25,27)(H,24,26,28). The Balaban J connectivity index is 1.68. The number of aromatic amines is 1. The molecule has 0 aliphatic carbocycles. The van der Waals surface area contributed by atoms with E-state index in [4.69, 9.17) is 11.6 Å². The maximum Gasteiger partial charge on any atom is 0.255 e. The third-order valence-electron chi connectivity index (χ3n) is 4.26. The van der Waals surface area contributed by atoms with E-state index in [0.29, 0.717) is 32.9 Å². The monoisotopic (exact) mass is 491 g/mol. The van der Waals surface area contributed by atoms with Gasteiger partial charge in [-0.15, -0.1) is 0 Å². The first-order valence-electron chi connectivity index (χ1n) is 8.85. The highest BCUT2D eigenvalue weighted by Gasteiger charge is 2.14. The summed E-state index contributed by atoms with van der Waals surface area (Å²) in [4.78, 5) is 32.2. The first-order valence-corrected chi connectivity index (χ1v) is 11.0. The van der Waals surface area contributed by atoms with Crippen LogP contribution in [-0.2, 0) is 17.0 Å². The number of benzene rings is 2. The SMILES string of the molecule is Cc1cc(Br)ccc1NC(=O)Cc1c(C)nc(SCc2cccc(Cl)c2)[nH]c1=O. The molecule has 0 bridgehead atoms. The van der Waals surface area contributed by atoms with Crippen LogP contribution < -0.4 is 10.9 Å². The van der Waals surface area contributed by atoms with Gasteiger partial charge in [0.15, 0.2) is 5.16 Å². The van der Waals surface area contributed by atoms with Crippen molar-refractivity contribution in [1.82, 2.24) is 9.97 Å². The molecule has 0 atom stereocenters. The molecule has 1 aromatic heterocycles. The number of hydrogen-bond donors (Lipinski definition) is 2. The third kappa shape index (κ3) is 5.95. The molecule has 29 heavy (non-hydrogen) atoms. The van der Waals surface area contributed by atoms with Crippen molar-refractivity contribution in [2.24, 2.45) is 0 Å². The molecule has 0 radical (unpaired) electrons. The van der Waals surface area contributed by atoms with Gasteiger partial charge in [0.05, 0.1) is 6.42 Å². The van der Waals surface area contributed by atoms with Crippen molar-refractivity contribution in [3.05, 3.63) is 84.7 Å². The Labute approximate surface area is 186 Å². The molecule has 3 aromatic rings. The van der Waals surface area contributed by atoms with Crippen LogP contribution in [0.25, 0.3) is 0 Å². The van der Waals surface area contributed by atoms with Crippen LogP contribution in [0, 0.1) is 13.8 Å². The van der Waals surface area contributed by atoms with Crippen LogP contribution in [-0.4, -0.2) is 15.9 Å². The first kappa shape index (κ1) is 21.6. The average Bonchev–Trinajstić information content (AvgIpc) is 2.65. The summed E-state index contributed by atoms with van der Waals surface area (Å²) in [5, 5.41) is 4.03. The number of anilines is 1. The summed E-state index contributed by atoms with van der Waals surface area (Å²) in [6.45, 7) is 3.65. The predicted octanol–water partition coefficient (Wildman–Crippen LogP) is 5.28. The number of rotatable bonds is 6. The lowest BCUT2D eigenvalue weighted by atomic mass is 10.1. The van der Waals surface area contributed by atoms with E-state index < -0.39 is 0 Å². The van der Waals surface area contributed by atoms with Gasteiger partial charge in [0.2, 0.25) is 5.91 Å². The predicted molar refractivity (Wildman–Crippen MR) is 122 cm³/mol. The molecular formula is C21H19BrClN3O2S. The molecule has 0 aliphatic rings. The fourth-order valence-electron chi connectivity index (χ4n) is 2.76.